The Morgan fingerprint density at radius 3 is 2.41 bits per heavy atom. The highest BCUT2D eigenvalue weighted by molar-refractivity contribution is 9.10. The van der Waals surface area contributed by atoms with E-state index in [9.17, 15) is 8.42 Å². The van der Waals surface area contributed by atoms with Crippen LogP contribution in [0.4, 0.5) is 5.88 Å². The Bertz CT molecular complexity index is 1120. The SMILES string of the molecule is CC1CCN(c2oc(-c3ccccc3Br)nc2S(=O)(=O)c2ccc(Cl)cc2)CC1. The van der Waals surface area contributed by atoms with Crippen molar-refractivity contribution in [3.63, 3.8) is 0 Å². The van der Waals surface area contributed by atoms with Crippen LogP contribution in [-0.2, 0) is 9.84 Å². The van der Waals surface area contributed by atoms with E-state index in [1.54, 1.807) is 12.1 Å². The van der Waals surface area contributed by atoms with Crippen LogP contribution in [0.1, 0.15) is 19.8 Å². The van der Waals surface area contributed by atoms with Gasteiger partial charge in [0.15, 0.2) is 0 Å². The molecule has 4 rings (SSSR count). The Morgan fingerprint density at radius 1 is 1.10 bits per heavy atom. The molecule has 29 heavy (non-hydrogen) atoms. The average Bonchev–Trinajstić information content (AvgIpc) is 3.15. The lowest BCUT2D eigenvalue weighted by atomic mass is 9.99. The predicted octanol–water partition coefficient (Wildman–Crippen LogP) is 5.83. The fraction of sp³-hybridized carbons (Fsp3) is 0.286. The highest BCUT2D eigenvalue weighted by atomic mass is 79.9. The van der Waals surface area contributed by atoms with Crippen molar-refractivity contribution in [1.29, 1.82) is 0 Å². The molecular weight excluding hydrogens is 476 g/mol. The molecule has 1 saturated heterocycles. The van der Waals surface area contributed by atoms with Crippen LogP contribution in [0.5, 0.6) is 0 Å². The number of benzene rings is 2. The molecule has 0 unspecified atom stereocenters. The topological polar surface area (TPSA) is 63.4 Å². The zero-order chi connectivity index (χ0) is 20.6. The number of rotatable bonds is 4. The summed E-state index contributed by atoms with van der Waals surface area (Å²) >= 11 is 9.43. The molecule has 152 valence electrons. The first-order valence-corrected chi connectivity index (χ1v) is 12.0. The van der Waals surface area contributed by atoms with Gasteiger partial charge in [-0.05, 0) is 71.1 Å². The molecule has 0 spiro atoms. The zero-order valence-electron chi connectivity index (χ0n) is 15.8. The van der Waals surface area contributed by atoms with Crippen molar-refractivity contribution in [2.24, 2.45) is 5.92 Å². The summed E-state index contributed by atoms with van der Waals surface area (Å²) in [6.07, 6.45) is 1.96. The molecule has 0 atom stereocenters. The smallest absolute Gasteiger partial charge is 0.236 e. The molecule has 0 saturated carbocycles. The van der Waals surface area contributed by atoms with Crippen LogP contribution in [0, 0.1) is 5.92 Å². The molecule has 1 aliphatic heterocycles. The minimum atomic E-state index is -3.87. The highest BCUT2D eigenvalue weighted by Gasteiger charge is 2.33. The summed E-state index contributed by atoms with van der Waals surface area (Å²) in [5, 5.41) is 0.420. The van der Waals surface area contributed by atoms with Crippen molar-refractivity contribution < 1.29 is 12.8 Å². The van der Waals surface area contributed by atoms with E-state index >= 15 is 0 Å². The van der Waals surface area contributed by atoms with Gasteiger partial charge in [-0.2, -0.15) is 4.98 Å². The molecular formula is C21H20BrClN2O3S. The zero-order valence-corrected chi connectivity index (χ0v) is 19.0. The maximum atomic E-state index is 13.4. The van der Waals surface area contributed by atoms with Crippen molar-refractivity contribution in [1.82, 2.24) is 4.98 Å². The van der Waals surface area contributed by atoms with Crippen molar-refractivity contribution in [2.45, 2.75) is 29.7 Å². The van der Waals surface area contributed by atoms with Gasteiger partial charge in [0.25, 0.3) is 0 Å². The van der Waals surface area contributed by atoms with E-state index in [0.29, 0.717) is 22.4 Å². The van der Waals surface area contributed by atoms with Crippen molar-refractivity contribution in [3.05, 3.63) is 58.0 Å². The standard InChI is InChI=1S/C21H20BrClN2O3S/c1-14-10-12-25(13-11-14)21-20(29(26,27)16-8-6-15(23)7-9-16)24-19(28-21)17-4-2-3-5-18(17)22/h2-9,14H,10-13H2,1H3. The summed E-state index contributed by atoms with van der Waals surface area (Å²) in [6.45, 7) is 3.67. The summed E-state index contributed by atoms with van der Waals surface area (Å²) in [6, 6.07) is 13.6. The molecule has 2 aromatic carbocycles. The average molecular weight is 496 g/mol. The predicted molar refractivity (Wildman–Crippen MR) is 117 cm³/mol. The second-order valence-electron chi connectivity index (χ2n) is 7.24. The van der Waals surface area contributed by atoms with Crippen LogP contribution in [0.15, 0.2) is 67.3 Å². The van der Waals surface area contributed by atoms with Crippen LogP contribution in [0.3, 0.4) is 0 Å². The van der Waals surface area contributed by atoms with Crippen LogP contribution < -0.4 is 4.90 Å². The van der Waals surface area contributed by atoms with E-state index in [1.165, 1.54) is 12.1 Å². The molecule has 3 aromatic rings. The van der Waals surface area contributed by atoms with Gasteiger partial charge in [0.05, 0.1) is 10.5 Å². The van der Waals surface area contributed by atoms with Gasteiger partial charge in [-0.25, -0.2) is 8.42 Å². The Labute approximate surface area is 183 Å². The van der Waals surface area contributed by atoms with Gasteiger partial charge in [0.2, 0.25) is 26.6 Å². The van der Waals surface area contributed by atoms with Crippen molar-refractivity contribution in [2.75, 3.05) is 18.0 Å². The minimum Gasteiger partial charge on any atom is -0.419 e. The third kappa shape index (κ3) is 4.09. The van der Waals surface area contributed by atoms with Gasteiger partial charge in [-0.15, -0.1) is 0 Å². The van der Waals surface area contributed by atoms with Crippen LogP contribution >= 0.6 is 27.5 Å². The number of hydrogen-bond donors (Lipinski definition) is 0. The number of oxazole rings is 1. The number of halogens is 2. The summed E-state index contributed by atoms with van der Waals surface area (Å²) in [5.41, 5.74) is 0.705. The number of sulfone groups is 1. The summed E-state index contributed by atoms with van der Waals surface area (Å²) in [5.74, 6) is 1.18. The lowest BCUT2D eigenvalue weighted by molar-refractivity contribution is 0.415. The summed E-state index contributed by atoms with van der Waals surface area (Å²) < 4.78 is 33.7. The molecule has 8 heteroatoms. The van der Waals surface area contributed by atoms with Gasteiger partial charge < -0.3 is 9.32 Å². The molecule has 0 N–H and O–H groups in total. The van der Waals surface area contributed by atoms with Crippen molar-refractivity contribution in [3.8, 4) is 11.5 Å². The number of hydrogen-bond acceptors (Lipinski definition) is 5. The summed E-state index contributed by atoms with van der Waals surface area (Å²) in [7, 11) is -3.87. The highest BCUT2D eigenvalue weighted by Crippen LogP contribution is 2.38. The number of nitrogens with zero attached hydrogens (tertiary/aromatic N) is 2. The number of anilines is 1. The quantitative estimate of drug-likeness (QED) is 0.456. The molecule has 0 amide bonds. The fourth-order valence-electron chi connectivity index (χ4n) is 3.36. The molecule has 5 nitrogen and oxygen atoms in total. The van der Waals surface area contributed by atoms with E-state index in [1.807, 2.05) is 29.2 Å². The minimum absolute atomic E-state index is 0.0554. The first kappa shape index (κ1) is 20.4. The first-order chi connectivity index (χ1) is 13.9. The molecule has 1 aliphatic rings. The first-order valence-electron chi connectivity index (χ1n) is 9.37. The Hall–Kier alpha value is -1.83. The van der Waals surface area contributed by atoms with Crippen molar-refractivity contribution >= 4 is 43.3 Å². The third-order valence-corrected chi connectivity index (χ3v) is 7.74. The van der Waals surface area contributed by atoms with Gasteiger partial charge in [0, 0.05) is 22.6 Å². The van der Waals surface area contributed by atoms with Crippen LogP contribution in [0.2, 0.25) is 5.02 Å². The van der Waals surface area contributed by atoms with Gasteiger partial charge >= 0.3 is 0 Å². The molecule has 0 aliphatic carbocycles. The molecule has 1 fully saturated rings. The van der Waals surface area contributed by atoms with E-state index in [2.05, 4.69) is 27.8 Å². The normalized spacial score (nSPS) is 15.6. The third-order valence-electron chi connectivity index (χ3n) is 5.13. The van der Waals surface area contributed by atoms with E-state index in [-0.39, 0.29) is 15.8 Å². The fourth-order valence-corrected chi connectivity index (χ4v) is 5.26. The lowest BCUT2D eigenvalue weighted by Crippen LogP contribution is -2.33. The van der Waals surface area contributed by atoms with Gasteiger partial charge in [0.1, 0.15) is 0 Å². The maximum Gasteiger partial charge on any atom is 0.236 e. The number of aromatic nitrogens is 1. The lowest BCUT2D eigenvalue weighted by Gasteiger charge is -2.30. The second-order valence-corrected chi connectivity index (χ2v) is 10.4. The van der Waals surface area contributed by atoms with Gasteiger partial charge in [-0.3, -0.25) is 0 Å². The monoisotopic (exact) mass is 494 g/mol. The van der Waals surface area contributed by atoms with Crippen LogP contribution in [0.25, 0.3) is 11.5 Å². The molecule has 0 bridgehead atoms. The molecule has 0 radical (unpaired) electrons. The number of piperidine rings is 1. The second kappa shape index (κ2) is 8.13. The molecule has 2 heterocycles. The Balaban J connectivity index is 1.85. The van der Waals surface area contributed by atoms with E-state index in [4.69, 9.17) is 16.0 Å². The summed E-state index contributed by atoms with van der Waals surface area (Å²) in [4.78, 5) is 6.57. The molecule has 1 aromatic heterocycles. The Morgan fingerprint density at radius 2 is 1.76 bits per heavy atom. The largest absolute Gasteiger partial charge is 0.419 e. The van der Waals surface area contributed by atoms with Gasteiger partial charge in [-0.1, -0.05) is 30.7 Å². The maximum absolute atomic E-state index is 13.4. The van der Waals surface area contributed by atoms with E-state index in [0.717, 1.165) is 30.4 Å². The van der Waals surface area contributed by atoms with Crippen LogP contribution in [-0.4, -0.2) is 26.5 Å². The van der Waals surface area contributed by atoms with E-state index < -0.39 is 9.84 Å². The Kier molecular flexibility index (Phi) is 5.73.